The van der Waals surface area contributed by atoms with Crippen molar-refractivity contribution in [1.29, 1.82) is 0 Å². The highest BCUT2D eigenvalue weighted by Gasteiger charge is 2.27. The Labute approximate surface area is 244 Å². The summed E-state index contributed by atoms with van der Waals surface area (Å²) >= 11 is 0. The number of methoxy groups -OCH3 is 1. The maximum atomic E-state index is 13.0. The maximum Gasteiger partial charge on any atom is 0.410 e. The monoisotopic (exact) mass is 601 g/mol. The van der Waals surface area contributed by atoms with Crippen molar-refractivity contribution in [2.45, 2.75) is 72.1 Å². The number of alkyl carbamates (subject to hydrolysis) is 1. The van der Waals surface area contributed by atoms with Crippen LogP contribution in [0.3, 0.4) is 0 Å². The number of unbranched alkanes of at least 4 members (excludes halogenated alkanes) is 1. The minimum absolute atomic E-state index is 0.0338. The molecule has 1 aromatic carbocycles. The molecule has 0 saturated carbocycles. The van der Waals surface area contributed by atoms with E-state index < -0.39 is 37.4 Å². The summed E-state index contributed by atoms with van der Waals surface area (Å²) in [7, 11) is -2.04. The van der Waals surface area contributed by atoms with Crippen LogP contribution in [0.2, 0.25) is 0 Å². The van der Waals surface area contributed by atoms with Gasteiger partial charge in [-0.2, -0.15) is 0 Å². The summed E-state index contributed by atoms with van der Waals surface area (Å²) in [6, 6.07) is 8.74. The molecule has 0 spiro atoms. The molecule has 1 aromatic rings. The zero-order valence-electron chi connectivity index (χ0n) is 25.3. The topological polar surface area (TPSA) is 142 Å². The number of nitrogens with one attached hydrogen (secondary N) is 2. The molecule has 234 valence electrons. The number of ether oxygens (including phenoxy) is 3. The van der Waals surface area contributed by atoms with Crippen LogP contribution in [-0.2, 0) is 39.2 Å². The van der Waals surface area contributed by atoms with Crippen LogP contribution in [0.1, 0.15) is 59.4 Å². The zero-order chi connectivity index (χ0) is 30.7. The van der Waals surface area contributed by atoms with Gasteiger partial charge in [-0.25, -0.2) is 9.59 Å². The smallest absolute Gasteiger partial charge is 0.410 e. The lowest BCUT2D eigenvalue weighted by molar-refractivity contribution is -0.143. The third-order valence-corrected chi connectivity index (χ3v) is 7.65. The van der Waals surface area contributed by atoms with Crippen LogP contribution < -0.4 is 10.6 Å². The predicted octanol–water partition coefficient (Wildman–Crippen LogP) is 4.72. The lowest BCUT2D eigenvalue weighted by atomic mass is 10.1. The number of benzene rings is 1. The molecule has 0 bridgehead atoms. The highest BCUT2D eigenvalue weighted by molar-refractivity contribution is 7.53. The molecule has 2 N–H and O–H groups in total. The first-order valence-corrected chi connectivity index (χ1v) is 15.8. The maximum absolute atomic E-state index is 13.0. The van der Waals surface area contributed by atoms with Gasteiger partial charge < -0.3 is 38.8 Å². The number of amides is 2. The third-order valence-electron chi connectivity index (χ3n) is 5.60. The molecule has 0 heterocycles. The molecule has 0 aliphatic heterocycles. The van der Waals surface area contributed by atoms with Gasteiger partial charge in [0.05, 0.1) is 26.5 Å². The van der Waals surface area contributed by atoms with Crippen molar-refractivity contribution in [3.8, 4) is 0 Å². The van der Waals surface area contributed by atoms with Crippen LogP contribution in [-0.4, -0.2) is 87.4 Å². The number of rotatable bonds is 19. The van der Waals surface area contributed by atoms with E-state index in [0.29, 0.717) is 32.4 Å². The Balaban J connectivity index is 2.68. The van der Waals surface area contributed by atoms with Crippen molar-refractivity contribution < 1.29 is 42.2 Å². The van der Waals surface area contributed by atoms with Crippen molar-refractivity contribution in [1.82, 2.24) is 15.5 Å². The average Bonchev–Trinajstić information content (AvgIpc) is 2.91. The number of esters is 1. The van der Waals surface area contributed by atoms with E-state index in [4.69, 9.17) is 23.3 Å². The van der Waals surface area contributed by atoms with E-state index in [1.165, 1.54) is 12.0 Å². The third kappa shape index (κ3) is 16.4. The van der Waals surface area contributed by atoms with Crippen molar-refractivity contribution in [3.63, 3.8) is 0 Å². The van der Waals surface area contributed by atoms with Crippen LogP contribution in [0.25, 0.3) is 0 Å². The fraction of sp³-hybridized carbons (Fsp3) is 0.679. The van der Waals surface area contributed by atoms with Crippen molar-refractivity contribution in [2.75, 3.05) is 52.7 Å². The zero-order valence-corrected chi connectivity index (χ0v) is 26.2. The highest BCUT2D eigenvalue weighted by atomic mass is 31.2. The molecule has 13 heteroatoms. The summed E-state index contributed by atoms with van der Waals surface area (Å²) < 4.78 is 39.3. The van der Waals surface area contributed by atoms with E-state index in [1.54, 1.807) is 34.6 Å². The lowest BCUT2D eigenvalue weighted by Gasteiger charge is -2.25. The van der Waals surface area contributed by atoms with Gasteiger partial charge in [0.2, 0.25) is 0 Å². The van der Waals surface area contributed by atoms with E-state index in [2.05, 4.69) is 10.6 Å². The minimum Gasteiger partial charge on any atom is -0.468 e. The summed E-state index contributed by atoms with van der Waals surface area (Å²) in [6.07, 6.45) is 0.549. The van der Waals surface area contributed by atoms with E-state index in [1.807, 2.05) is 30.3 Å². The standard InChI is InChI=1S/C28H48N3O9P/c1-7-38-41(35,39-8-2)21-20-31(27(34)37-22-23-14-10-9-11-15-23)19-13-12-16-24(25(32)36-6)29-17-18-30-26(33)40-28(3,4)5/h9-11,14-15,24,29H,7-8,12-13,16-22H2,1-6H3,(H,30,33). The van der Waals surface area contributed by atoms with Gasteiger partial charge in [0, 0.05) is 26.2 Å². The molecule has 0 fully saturated rings. The summed E-state index contributed by atoms with van der Waals surface area (Å²) in [5, 5.41) is 5.73. The first kappa shape index (κ1) is 36.4. The second kappa shape index (κ2) is 19.5. The van der Waals surface area contributed by atoms with Gasteiger partial charge in [0.1, 0.15) is 18.2 Å². The molecule has 1 unspecified atom stereocenters. The summed E-state index contributed by atoms with van der Waals surface area (Å²) in [5.41, 5.74) is 0.250. The molecule has 41 heavy (non-hydrogen) atoms. The van der Waals surface area contributed by atoms with Gasteiger partial charge in [0.15, 0.2) is 0 Å². The largest absolute Gasteiger partial charge is 0.468 e. The van der Waals surface area contributed by atoms with Crippen LogP contribution in [0.4, 0.5) is 9.59 Å². The second-order valence-electron chi connectivity index (χ2n) is 10.2. The molecule has 0 radical (unpaired) electrons. The number of nitrogens with zero attached hydrogens (tertiary/aromatic N) is 1. The Morgan fingerprint density at radius 1 is 0.976 bits per heavy atom. The summed E-state index contributed by atoms with van der Waals surface area (Å²) in [4.78, 5) is 38.5. The molecule has 1 rings (SSSR count). The molecule has 0 saturated heterocycles. The van der Waals surface area contributed by atoms with Crippen molar-refractivity contribution in [2.24, 2.45) is 0 Å². The van der Waals surface area contributed by atoms with Gasteiger partial charge in [-0.05, 0) is 59.4 Å². The molecular weight excluding hydrogens is 553 g/mol. The lowest BCUT2D eigenvalue weighted by Crippen LogP contribution is -2.43. The van der Waals surface area contributed by atoms with Crippen molar-refractivity contribution >= 4 is 25.8 Å². The molecule has 0 aromatic heterocycles. The number of carbonyl (C=O) groups excluding carboxylic acids is 3. The fourth-order valence-corrected chi connectivity index (χ4v) is 5.34. The molecule has 12 nitrogen and oxygen atoms in total. The van der Waals surface area contributed by atoms with Crippen LogP contribution >= 0.6 is 7.60 Å². The van der Waals surface area contributed by atoms with Gasteiger partial charge in [0.25, 0.3) is 0 Å². The van der Waals surface area contributed by atoms with E-state index in [-0.39, 0.29) is 39.1 Å². The first-order valence-electron chi connectivity index (χ1n) is 14.0. The Bertz CT molecular complexity index is 947. The average molecular weight is 602 g/mol. The molecule has 0 aliphatic rings. The molecular formula is C28H48N3O9P. The Hall–Kier alpha value is -2.66. The molecule has 2 amide bonds. The number of carbonyl (C=O) groups is 3. The first-order chi connectivity index (χ1) is 19.4. The van der Waals surface area contributed by atoms with E-state index in [0.717, 1.165) is 5.56 Å². The normalized spacial score (nSPS) is 12.3. The Morgan fingerprint density at radius 2 is 1.63 bits per heavy atom. The van der Waals surface area contributed by atoms with Gasteiger partial charge >= 0.3 is 25.8 Å². The van der Waals surface area contributed by atoms with Gasteiger partial charge in [-0.15, -0.1) is 0 Å². The van der Waals surface area contributed by atoms with Crippen LogP contribution in [0.5, 0.6) is 0 Å². The van der Waals surface area contributed by atoms with Gasteiger partial charge in [-0.1, -0.05) is 30.3 Å². The van der Waals surface area contributed by atoms with E-state index >= 15 is 0 Å². The Morgan fingerprint density at radius 3 is 2.22 bits per heavy atom. The second-order valence-corrected chi connectivity index (χ2v) is 12.3. The quantitative estimate of drug-likeness (QED) is 0.0990. The summed E-state index contributed by atoms with van der Waals surface area (Å²) in [5.74, 6) is -0.421. The SMILES string of the molecule is CCOP(=O)(CCN(CCCCC(NCCNC(=O)OC(C)(C)C)C(=O)OC)C(=O)OCc1ccccc1)OCC. The fourth-order valence-electron chi connectivity index (χ4n) is 3.73. The van der Waals surface area contributed by atoms with Crippen LogP contribution in [0.15, 0.2) is 30.3 Å². The number of hydrogen-bond acceptors (Lipinski definition) is 10. The summed E-state index contributed by atoms with van der Waals surface area (Å²) in [6.45, 7) is 10.4. The van der Waals surface area contributed by atoms with Gasteiger partial charge in [-0.3, -0.25) is 9.36 Å². The predicted molar refractivity (Wildman–Crippen MR) is 156 cm³/mol. The Kier molecular flexibility index (Phi) is 17.3. The van der Waals surface area contributed by atoms with Crippen molar-refractivity contribution in [3.05, 3.63) is 35.9 Å². The highest BCUT2D eigenvalue weighted by Crippen LogP contribution is 2.47. The minimum atomic E-state index is -3.36. The van der Waals surface area contributed by atoms with E-state index in [9.17, 15) is 18.9 Å². The molecule has 1 atom stereocenters. The molecule has 0 aliphatic carbocycles. The number of hydrogen-bond donors (Lipinski definition) is 2. The van der Waals surface area contributed by atoms with Crippen LogP contribution in [0, 0.1) is 0 Å².